The molecule has 1 aromatic carbocycles. The lowest BCUT2D eigenvalue weighted by molar-refractivity contribution is -0.125. The van der Waals surface area contributed by atoms with Crippen LogP contribution in [0.3, 0.4) is 0 Å². The number of carbonyl (C=O) groups excluding carboxylic acids is 2. The van der Waals surface area contributed by atoms with Crippen molar-refractivity contribution in [1.82, 2.24) is 20.4 Å². The number of hydrogen-bond acceptors (Lipinski definition) is 5. The van der Waals surface area contributed by atoms with E-state index in [4.69, 9.17) is 16.3 Å². The normalized spacial score (nSPS) is 16.7. The minimum absolute atomic E-state index is 0.268. The van der Waals surface area contributed by atoms with Gasteiger partial charge in [0.25, 0.3) is 0 Å². The molecule has 1 saturated heterocycles. The summed E-state index contributed by atoms with van der Waals surface area (Å²) in [7, 11) is 0. The summed E-state index contributed by atoms with van der Waals surface area (Å²) in [4.78, 5) is 28.0. The third-order valence-electron chi connectivity index (χ3n) is 4.40. The molecule has 0 radical (unpaired) electrons. The predicted molar refractivity (Wildman–Crippen MR) is 102 cm³/mol. The molecule has 26 heavy (non-hydrogen) atoms. The minimum Gasteiger partial charge on any atom is -0.492 e. The van der Waals surface area contributed by atoms with Crippen molar-refractivity contribution in [1.29, 1.82) is 0 Å². The number of benzene rings is 1. The van der Waals surface area contributed by atoms with E-state index in [1.807, 2.05) is 38.1 Å². The Bertz CT molecular complexity index is 589. The molecule has 1 atom stereocenters. The van der Waals surface area contributed by atoms with Crippen molar-refractivity contribution in [3.8, 4) is 5.75 Å². The van der Waals surface area contributed by atoms with Gasteiger partial charge in [0, 0.05) is 44.3 Å². The first-order valence-corrected chi connectivity index (χ1v) is 9.31. The van der Waals surface area contributed by atoms with Gasteiger partial charge in [0.2, 0.25) is 5.91 Å². The Balaban J connectivity index is 1.67. The maximum absolute atomic E-state index is 12.1. The predicted octanol–water partition coefficient (Wildman–Crippen LogP) is 1.57. The molecule has 7 nitrogen and oxygen atoms in total. The molecule has 0 spiro atoms. The zero-order valence-corrected chi connectivity index (χ0v) is 16.1. The monoisotopic (exact) mass is 382 g/mol. The van der Waals surface area contributed by atoms with E-state index in [2.05, 4.69) is 20.4 Å². The Kier molecular flexibility index (Phi) is 8.15. The number of nitrogens with one attached hydrogen (secondary N) is 2. The zero-order valence-electron chi connectivity index (χ0n) is 15.3. The highest BCUT2D eigenvalue weighted by Gasteiger charge is 2.26. The van der Waals surface area contributed by atoms with E-state index in [1.54, 1.807) is 0 Å². The Morgan fingerprint density at radius 1 is 1.19 bits per heavy atom. The van der Waals surface area contributed by atoms with Gasteiger partial charge in [-0.1, -0.05) is 11.6 Å². The van der Waals surface area contributed by atoms with Crippen molar-refractivity contribution in [2.45, 2.75) is 19.9 Å². The first kappa shape index (κ1) is 20.5. The Labute approximate surface area is 159 Å². The summed E-state index contributed by atoms with van der Waals surface area (Å²) in [6.45, 7) is 8.85. The number of imide groups is 1. The molecule has 0 saturated carbocycles. The van der Waals surface area contributed by atoms with Crippen LogP contribution in [0.5, 0.6) is 5.75 Å². The van der Waals surface area contributed by atoms with Gasteiger partial charge in [-0.2, -0.15) is 0 Å². The zero-order chi connectivity index (χ0) is 18.9. The van der Waals surface area contributed by atoms with Crippen LogP contribution in [0.1, 0.15) is 13.8 Å². The Morgan fingerprint density at radius 2 is 1.85 bits per heavy atom. The van der Waals surface area contributed by atoms with Crippen LogP contribution in [0.25, 0.3) is 0 Å². The highest BCUT2D eigenvalue weighted by Crippen LogP contribution is 2.15. The van der Waals surface area contributed by atoms with Gasteiger partial charge in [0.1, 0.15) is 12.4 Å². The molecular weight excluding hydrogens is 356 g/mol. The summed E-state index contributed by atoms with van der Waals surface area (Å²) in [5.74, 6) is 0.541. The fourth-order valence-corrected chi connectivity index (χ4v) is 2.91. The first-order chi connectivity index (χ1) is 12.5. The number of hydrogen-bond donors (Lipinski definition) is 2. The Morgan fingerprint density at radius 3 is 2.46 bits per heavy atom. The van der Waals surface area contributed by atoms with E-state index in [1.165, 1.54) is 0 Å². The lowest BCUT2D eigenvalue weighted by Crippen LogP contribution is -2.55. The third-order valence-corrected chi connectivity index (χ3v) is 4.65. The fraction of sp³-hybridized carbons (Fsp3) is 0.556. The van der Waals surface area contributed by atoms with Crippen molar-refractivity contribution in [3.63, 3.8) is 0 Å². The summed E-state index contributed by atoms with van der Waals surface area (Å²) in [6.07, 6.45) is 0. The van der Waals surface area contributed by atoms with Gasteiger partial charge in [0.05, 0.1) is 6.04 Å². The third kappa shape index (κ3) is 6.48. The average molecular weight is 383 g/mol. The second-order valence-electron chi connectivity index (χ2n) is 6.20. The Hall–Kier alpha value is -1.83. The summed E-state index contributed by atoms with van der Waals surface area (Å²) in [5, 5.41) is 5.63. The first-order valence-electron chi connectivity index (χ1n) is 8.93. The molecule has 1 aliphatic rings. The topological polar surface area (TPSA) is 73.9 Å². The second kappa shape index (κ2) is 10.4. The highest BCUT2D eigenvalue weighted by molar-refractivity contribution is 6.30. The molecule has 144 valence electrons. The van der Waals surface area contributed by atoms with Crippen LogP contribution in [0.2, 0.25) is 5.02 Å². The van der Waals surface area contributed by atoms with Crippen LogP contribution in [0.15, 0.2) is 24.3 Å². The van der Waals surface area contributed by atoms with Crippen LogP contribution in [-0.2, 0) is 4.79 Å². The van der Waals surface area contributed by atoms with E-state index < -0.39 is 6.03 Å². The van der Waals surface area contributed by atoms with Crippen molar-refractivity contribution in [2.24, 2.45) is 0 Å². The summed E-state index contributed by atoms with van der Waals surface area (Å²) >= 11 is 5.85. The van der Waals surface area contributed by atoms with Gasteiger partial charge < -0.3 is 10.1 Å². The quantitative estimate of drug-likeness (QED) is 0.748. The number of urea groups is 1. The van der Waals surface area contributed by atoms with E-state index in [0.717, 1.165) is 38.5 Å². The highest BCUT2D eigenvalue weighted by atomic mass is 35.5. The van der Waals surface area contributed by atoms with Gasteiger partial charge in [-0.25, -0.2) is 4.79 Å². The SMILES string of the molecule is CCNC(=O)NC(=O)C(C)N1CCN(CCOc2ccc(Cl)cc2)CC1. The fourth-order valence-electron chi connectivity index (χ4n) is 2.78. The summed E-state index contributed by atoms with van der Waals surface area (Å²) < 4.78 is 5.72. The number of piperazine rings is 1. The van der Waals surface area contributed by atoms with Crippen LogP contribution in [0.4, 0.5) is 4.79 Å². The van der Waals surface area contributed by atoms with Crippen molar-refractivity contribution in [3.05, 3.63) is 29.3 Å². The van der Waals surface area contributed by atoms with Crippen molar-refractivity contribution < 1.29 is 14.3 Å². The lowest BCUT2D eigenvalue weighted by atomic mass is 10.2. The molecule has 1 aliphatic heterocycles. The van der Waals surface area contributed by atoms with Crippen molar-refractivity contribution >= 4 is 23.5 Å². The van der Waals surface area contributed by atoms with E-state index >= 15 is 0 Å². The van der Waals surface area contributed by atoms with E-state index in [-0.39, 0.29) is 11.9 Å². The second-order valence-corrected chi connectivity index (χ2v) is 6.64. The smallest absolute Gasteiger partial charge is 0.321 e. The number of halogens is 1. The average Bonchev–Trinajstić information content (AvgIpc) is 2.63. The van der Waals surface area contributed by atoms with Gasteiger partial charge >= 0.3 is 6.03 Å². The largest absolute Gasteiger partial charge is 0.492 e. The molecule has 0 bridgehead atoms. The maximum Gasteiger partial charge on any atom is 0.321 e. The molecular formula is C18H27ClN4O3. The molecule has 2 N–H and O–H groups in total. The van der Waals surface area contributed by atoms with Gasteiger partial charge in [-0.15, -0.1) is 0 Å². The van der Waals surface area contributed by atoms with Crippen LogP contribution in [0, 0.1) is 0 Å². The van der Waals surface area contributed by atoms with Gasteiger partial charge in [-0.05, 0) is 38.1 Å². The molecule has 8 heteroatoms. The van der Waals surface area contributed by atoms with Crippen LogP contribution in [-0.4, -0.2) is 73.7 Å². The van der Waals surface area contributed by atoms with Crippen LogP contribution >= 0.6 is 11.6 Å². The van der Waals surface area contributed by atoms with Crippen molar-refractivity contribution in [2.75, 3.05) is 45.9 Å². The van der Waals surface area contributed by atoms with Gasteiger partial charge in [0.15, 0.2) is 0 Å². The maximum atomic E-state index is 12.1. The molecule has 3 amide bonds. The molecule has 1 aromatic rings. The number of carbonyl (C=O) groups is 2. The number of rotatable bonds is 7. The number of nitrogens with zero attached hydrogens (tertiary/aromatic N) is 2. The summed E-state index contributed by atoms with van der Waals surface area (Å²) in [6, 6.07) is 6.56. The van der Waals surface area contributed by atoms with E-state index in [0.29, 0.717) is 18.2 Å². The van der Waals surface area contributed by atoms with Crippen LogP contribution < -0.4 is 15.4 Å². The lowest BCUT2D eigenvalue weighted by Gasteiger charge is -2.37. The minimum atomic E-state index is -0.442. The molecule has 0 aliphatic carbocycles. The number of amides is 3. The van der Waals surface area contributed by atoms with E-state index in [9.17, 15) is 9.59 Å². The van der Waals surface area contributed by atoms with Gasteiger partial charge in [-0.3, -0.25) is 19.9 Å². The molecule has 0 aromatic heterocycles. The summed E-state index contributed by atoms with van der Waals surface area (Å²) in [5.41, 5.74) is 0. The molecule has 1 fully saturated rings. The molecule has 2 rings (SSSR count). The number of ether oxygens (including phenoxy) is 1. The molecule has 1 heterocycles. The standard InChI is InChI=1S/C18H27ClN4O3/c1-3-20-18(25)21-17(24)14(2)23-10-8-22(9-11-23)12-13-26-16-6-4-15(19)5-7-16/h4-7,14H,3,8-13H2,1-2H3,(H2,20,21,24,25). The molecule has 1 unspecified atom stereocenters.